The van der Waals surface area contributed by atoms with E-state index in [-0.39, 0.29) is 17.2 Å². The Balaban J connectivity index is 1.56. The van der Waals surface area contributed by atoms with Crippen LogP contribution in [-0.4, -0.2) is 21.2 Å². The highest BCUT2D eigenvalue weighted by Gasteiger charge is 2.21. The first-order chi connectivity index (χ1) is 17.4. The second kappa shape index (κ2) is 10.5. The topological polar surface area (TPSA) is 64.0 Å². The van der Waals surface area contributed by atoms with E-state index in [0.717, 1.165) is 16.0 Å². The second-order valence-corrected chi connectivity index (χ2v) is 10.9. The van der Waals surface area contributed by atoms with E-state index in [0.29, 0.717) is 36.8 Å². The molecule has 2 aromatic heterocycles. The third kappa shape index (κ3) is 4.92. The summed E-state index contributed by atoms with van der Waals surface area (Å²) >= 11 is 14.9. The van der Waals surface area contributed by atoms with Gasteiger partial charge in [-0.25, -0.2) is 4.98 Å². The Bertz CT molecular complexity index is 1630. The highest BCUT2D eigenvalue weighted by molar-refractivity contribution is 7.99. The van der Waals surface area contributed by atoms with E-state index >= 15 is 0 Å². The van der Waals surface area contributed by atoms with Gasteiger partial charge in [-0.2, -0.15) is 0 Å². The lowest BCUT2D eigenvalue weighted by atomic mass is 10.0. The summed E-state index contributed by atoms with van der Waals surface area (Å²) in [5.41, 5.74) is 2.80. The molecule has 0 saturated carbocycles. The maximum absolute atomic E-state index is 14.0. The summed E-state index contributed by atoms with van der Waals surface area (Å²) in [6.45, 7) is 2.00. The lowest BCUT2D eigenvalue weighted by Gasteiger charge is -2.13. The van der Waals surface area contributed by atoms with Crippen molar-refractivity contribution in [2.75, 3.05) is 11.1 Å². The number of carbonyl (C=O) groups is 1. The minimum absolute atomic E-state index is 0.0313. The molecule has 0 aliphatic rings. The molecule has 0 saturated heterocycles. The van der Waals surface area contributed by atoms with Crippen molar-refractivity contribution in [3.05, 3.63) is 104 Å². The standard InChI is InChI=1S/C27H19Cl2N3O2S2/c1-16-23(17-8-4-2-5-9-17)24-25(36-16)31-27(32(26(24)34)19-10-6-3-7-11-19)35-15-22(33)30-21-14-18(28)12-13-20(21)29/h2-14H,15H2,1H3,(H,30,33). The van der Waals surface area contributed by atoms with Crippen LogP contribution in [-0.2, 0) is 4.79 Å². The maximum atomic E-state index is 14.0. The number of benzene rings is 3. The number of para-hydroxylation sites is 1. The number of hydrogen-bond donors (Lipinski definition) is 1. The van der Waals surface area contributed by atoms with Crippen LogP contribution < -0.4 is 10.9 Å². The van der Waals surface area contributed by atoms with Crippen molar-refractivity contribution >= 4 is 68.1 Å². The molecule has 9 heteroatoms. The Morgan fingerprint density at radius 3 is 2.44 bits per heavy atom. The molecule has 36 heavy (non-hydrogen) atoms. The summed E-state index contributed by atoms with van der Waals surface area (Å²) in [6.07, 6.45) is 0. The fourth-order valence-corrected chi connectivity index (χ4v) is 6.14. The minimum atomic E-state index is -0.287. The molecule has 0 spiro atoms. The summed E-state index contributed by atoms with van der Waals surface area (Å²) in [6, 6.07) is 24.0. The smallest absolute Gasteiger partial charge is 0.268 e. The first-order valence-corrected chi connectivity index (χ1v) is 13.5. The van der Waals surface area contributed by atoms with Gasteiger partial charge in [0.05, 0.1) is 27.5 Å². The van der Waals surface area contributed by atoms with Gasteiger partial charge in [0.15, 0.2) is 5.16 Å². The summed E-state index contributed by atoms with van der Waals surface area (Å²) in [4.78, 5) is 33.2. The quantitative estimate of drug-likeness (QED) is 0.175. The Hall–Kier alpha value is -3.10. The molecule has 0 aliphatic heterocycles. The SMILES string of the molecule is Cc1sc2nc(SCC(=O)Nc3cc(Cl)ccc3Cl)n(-c3ccccc3)c(=O)c2c1-c1ccccc1. The van der Waals surface area contributed by atoms with Crippen molar-refractivity contribution in [3.8, 4) is 16.8 Å². The van der Waals surface area contributed by atoms with Crippen molar-refractivity contribution in [1.29, 1.82) is 0 Å². The molecule has 0 radical (unpaired) electrons. The molecule has 1 amide bonds. The normalized spacial score (nSPS) is 11.1. The van der Waals surface area contributed by atoms with Gasteiger partial charge < -0.3 is 5.32 Å². The Morgan fingerprint density at radius 1 is 1.03 bits per heavy atom. The van der Waals surface area contributed by atoms with Gasteiger partial charge in [-0.15, -0.1) is 11.3 Å². The molecule has 1 N–H and O–H groups in total. The highest BCUT2D eigenvalue weighted by Crippen LogP contribution is 2.37. The van der Waals surface area contributed by atoms with E-state index < -0.39 is 0 Å². The minimum Gasteiger partial charge on any atom is -0.324 e. The van der Waals surface area contributed by atoms with Gasteiger partial charge in [0.25, 0.3) is 5.56 Å². The van der Waals surface area contributed by atoms with Crippen LogP contribution in [0.1, 0.15) is 4.88 Å². The molecule has 180 valence electrons. The number of thioether (sulfide) groups is 1. The summed E-state index contributed by atoms with van der Waals surface area (Å²) in [7, 11) is 0. The third-order valence-electron chi connectivity index (χ3n) is 5.48. The largest absolute Gasteiger partial charge is 0.324 e. The Kier molecular flexibility index (Phi) is 7.16. The molecule has 5 rings (SSSR count). The lowest BCUT2D eigenvalue weighted by molar-refractivity contribution is -0.113. The molecule has 5 nitrogen and oxygen atoms in total. The van der Waals surface area contributed by atoms with Gasteiger partial charge >= 0.3 is 0 Å². The second-order valence-electron chi connectivity index (χ2n) is 7.91. The van der Waals surface area contributed by atoms with E-state index in [1.54, 1.807) is 22.8 Å². The van der Waals surface area contributed by atoms with E-state index in [1.165, 1.54) is 23.1 Å². The molecule has 0 atom stereocenters. The van der Waals surface area contributed by atoms with E-state index in [4.69, 9.17) is 28.2 Å². The zero-order chi connectivity index (χ0) is 25.2. The van der Waals surface area contributed by atoms with Crippen molar-refractivity contribution in [2.24, 2.45) is 0 Å². The average molecular weight is 553 g/mol. The van der Waals surface area contributed by atoms with Gasteiger partial charge in [-0.3, -0.25) is 14.2 Å². The van der Waals surface area contributed by atoms with Crippen LogP contribution in [0.15, 0.2) is 88.8 Å². The van der Waals surface area contributed by atoms with Crippen molar-refractivity contribution in [3.63, 3.8) is 0 Å². The number of rotatable bonds is 6. The molecule has 0 unspecified atom stereocenters. The van der Waals surface area contributed by atoms with Crippen LogP contribution in [0, 0.1) is 6.92 Å². The zero-order valence-corrected chi connectivity index (χ0v) is 22.1. The van der Waals surface area contributed by atoms with Crippen molar-refractivity contribution < 1.29 is 4.79 Å². The number of carbonyl (C=O) groups excluding carboxylic acids is 1. The third-order valence-corrected chi connectivity index (χ3v) is 7.99. The summed E-state index contributed by atoms with van der Waals surface area (Å²) < 4.78 is 1.57. The Labute approximate surface area is 225 Å². The van der Waals surface area contributed by atoms with Gasteiger partial charge in [-0.1, -0.05) is 83.5 Å². The van der Waals surface area contributed by atoms with Crippen LogP contribution in [0.5, 0.6) is 0 Å². The van der Waals surface area contributed by atoms with Crippen LogP contribution in [0.3, 0.4) is 0 Å². The van der Waals surface area contributed by atoms with Crippen molar-refractivity contribution in [1.82, 2.24) is 9.55 Å². The maximum Gasteiger partial charge on any atom is 0.268 e. The highest BCUT2D eigenvalue weighted by atomic mass is 35.5. The van der Waals surface area contributed by atoms with E-state index in [9.17, 15) is 9.59 Å². The monoisotopic (exact) mass is 551 g/mol. The molecule has 0 bridgehead atoms. The number of thiophene rings is 1. The number of halogens is 2. The van der Waals surface area contributed by atoms with Crippen LogP contribution in [0.25, 0.3) is 27.0 Å². The number of fused-ring (bicyclic) bond motifs is 1. The average Bonchev–Trinajstić information content (AvgIpc) is 3.22. The number of nitrogens with one attached hydrogen (secondary N) is 1. The Morgan fingerprint density at radius 2 is 1.72 bits per heavy atom. The van der Waals surface area contributed by atoms with E-state index in [1.807, 2.05) is 67.6 Å². The lowest BCUT2D eigenvalue weighted by Crippen LogP contribution is -2.22. The molecule has 0 aliphatic carbocycles. The molecular weight excluding hydrogens is 533 g/mol. The first kappa shape index (κ1) is 24.6. The fourth-order valence-electron chi connectivity index (χ4n) is 3.91. The zero-order valence-electron chi connectivity index (χ0n) is 19.0. The predicted octanol–water partition coefficient (Wildman–Crippen LogP) is 7.46. The predicted molar refractivity (Wildman–Crippen MR) is 151 cm³/mol. The van der Waals surface area contributed by atoms with E-state index in [2.05, 4.69) is 5.32 Å². The number of hydrogen-bond acceptors (Lipinski definition) is 5. The molecule has 3 aromatic carbocycles. The van der Waals surface area contributed by atoms with Crippen LogP contribution >= 0.6 is 46.3 Å². The number of anilines is 1. The van der Waals surface area contributed by atoms with Gasteiger partial charge in [0.1, 0.15) is 4.83 Å². The van der Waals surface area contributed by atoms with Crippen molar-refractivity contribution in [2.45, 2.75) is 12.1 Å². The number of aryl methyl sites for hydroxylation is 1. The number of nitrogens with zero attached hydrogens (tertiary/aromatic N) is 2. The molecule has 2 heterocycles. The first-order valence-electron chi connectivity index (χ1n) is 11.0. The summed E-state index contributed by atoms with van der Waals surface area (Å²) in [5, 5.41) is 4.65. The fraction of sp³-hybridized carbons (Fsp3) is 0.0741. The number of amides is 1. The van der Waals surface area contributed by atoms with Crippen LogP contribution in [0.2, 0.25) is 10.0 Å². The number of aromatic nitrogens is 2. The van der Waals surface area contributed by atoms with Gasteiger partial charge in [0, 0.05) is 15.5 Å². The molecule has 5 aromatic rings. The molecule has 0 fully saturated rings. The van der Waals surface area contributed by atoms with Gasteiger partial charge in [-0.05, 0) is 42.8 Å². The summed E-state index contributed by atoms with van der Waals surface area (Å²) in [5.74, 6) is -0.255. The van der Waals surface area contributed by atoms with Gasteiger partial charge in [0.2, 0.25) is 5.91 Å². The molecular formula is C27H19Cl2N3O2S2. The van der Waals surface area contributed by atoms with Crippen LogP contribution in [0.4, 0.5) is 5.69 Å².